The second-order valence-electron chi connectivity index (χ2n) is 2.40. The second-order valence-corrected chi connectivity index (χ2v) is 2.84. The molecule has 66 valence electrons. The molecular weight excluding hydrogens is 186 g/mol. The first-order chi connectivity index (χ1) is 6.24. The van der Waals surface area contributed by atoms with Gasteiger partial charge in [-0.3, -0.25) is 0 Å². The van der Waals surface area contributed by atoms with E-state index in [1.165, 1.54) is 0 Å². The van der Waals surface area contributed by atoms with Crippen molar-refractivity contribution in [2.45, 2.75) is 6.42 Å². The minimum atomic E-state index is 0.214. The number of nitrogen functional groups attached to an aromatic ring is 1. The highest BCUT2D eigenvalue weighted by Crippen LogP contribution is 2.16. The number of benzene rings is 1. The fourth-order valence-electron chi connectivity index (χ4n) is 0.825. The maximum absolute atomic E-state index is 9.99. The van der Waals surface area contributed by atoms with E-state index in [9.17, 15) is 4.79 Å². The van der Waals surface area contributed by atoms with Crippen LogP contribution in [0.2, 0.25) is 5.02 Å². The highest BCUT2D eigenvalue weighted by atomic mass is 35.5. The van der Waals surface area contributed by atoms with E-state index >= 15 is 0 Å². The molecule has 0 radical (unpaired) electrons. The molecule has 0 amide bonds. The van der Waals surface area contributed by atoms with Crippen LogP contribution in [0.1, 0.15) is 12.0 Å². The van der Waals surface area contributed by atoms with Gasteiger partial charge in [-0.15, -0.1) is 0 Å². The van der Waals surface area contributed by atoms with E-state index in [1.54, 1.807) is 18.2 Å². The molecule has 0 aromatic heterocycles. The lowest BCUT2D eigenvalue weighted by Gasteiger charge is -1.97. The van der Waals surface area contributed by atoms with Crippen molar-refractivity contribution in [2.24, 2.45) is 0 Å². The average molecular weight is 194 g/mol. The number of rotatable bonds is 1. The normalized spacial score (nSPS) is 8.69. The van der Waals surface area contributed by atoms with Crippen LogP contribution in [-0.2, 0) is 4.79 Å². The molecule has 13 heavy (non-hydrogen) atoms. The average Bonchev–Trinajstić information content (AvgIpc) is 2.11. The molecule has 0 heterocycles. The summed E-state index contributed by atoms with van der Waals surface area (Å²) < 4.78 is 0. The van der Waals surface area contributed by atoms with Gasteiger partial charge in [0.15, 0.2) is 0 Å². The van der Waals surface area contributed by atoms with E-state index in [-0.39, 0.29) is 6.42 Å². The van der Waals surface area contributed by atoms with Crippen molar-refractivity contribution in [1.29, 1.82) is 0 Å². The smallest absolute Gasteiger partial charge is 0.131 e. The van der Waals surface area contributed by atoms with Gasteiger partial charge < -0.3 is 10.5 Å². The van der Waals surface area contributed by atoms with Crippen LogP contribution in [0.4, 0.5) is 5.69 Å². The van der Waals surface area contributed by atoms with E-state index in [0.29, 0.717) is 16.3 Å². The van der Waals surface area contributed by atoms with Crippen LogP contribution in [0.5, 0.6) is 0 Å². The van der Waals surface area contributed by atoms with Crippen LogP contribution >= 0.6 is 11.6 Å². The van der Waals surface area contributed by atoms with Crippen molar-refractivity contribution in [3.05, 3.63) is 28.8 Å². The monoisotopic (exact) mass is 193 g/mol. The summed E-state index contributed by atoms with van der Waals surface area (Å²) in [6.07, 6.45) is 0.958. The molecule has 2 N–H and O–H groups in total. The molecule has 0 unspecified atom stereocenters. The molecule has 0 aliphatic carbocycles. The van der Waals surface area contributed by atoms with Crippen molar-refractivity contribution in [1.82, 2.24) is 0 Å². The second kappa shape index (κ2) is 4.54. The predicted molar refractivity (Wildman–Crippen MR) is 53.4 cm³/mol. The maximum atomic E-state index is 9.99. The number of hydrogen-bond donors (Lipinski definition) is 1. The largest absolute Gasteiger partial charge is 0.398 e. The van der Waals surface area contributed by atoms with Gasteiger partial charge in [0.05, 0.1) is 6.42 Å². The van der Waals surface area contributed by atoms with Gasteiger partial charge >= 0.3 is 0 Å². The summed E-state index contributed by atoms with van der Waals surface area (Å²) in [5.74, 6) is 5.43. The van der Waals surface area contributed by atoms with E-state index in [2.05, 4.69) is 11.8 Å². The molecule has 0 bridgehead atoms. The van der Waals surface area contributed by atoms with Crippen LogP contribution in [0.25, 0.3) is 0 Å². The molecule has 2 nitrogen and oxygen atoms in total. The molecule has 0 atom stereocenters. The van der Waals surface area contributed by atoms with Gasteiger partial charge in [0.1, 0.15) is 6.29 Å². The van der Waals surface area contributed by atoms with Gasteiger partial charge in [-0.2, -0.15) is 0 Å². The van der Waals surface area contributed by atoms with Gasteiger partial charge in [0.2, 0.25) is 0 Å². The molecule has 3 heteroatoms. The molecule has 1 aromatic rings. The van der Waals surface area contributed by atoms with Gasteiger partial charge in [0, 0.05) is 16.3 Å². The highest BCUT2D eigenvalue weighted by Gasteiger charge is 1.95. The zero-order chi connectivity index (χ0) is 9.68. The number of anilines is 1. The van der Waals surface area contributed by atoms with Crippen molar-refractivity contribution in [2.75, 3.05) is 5.73 Å². The van der Waals surface area contributed by atoms with Gasteiger partial charge in [0.25, 0.3) is 0 Å². The Morgan fingerprint density at radius 2 is 2.31 bits per heavy atom. The Hall–Kier alpha value is -1.46. The Bertz CT molecular complexity index is 376. The summed E-state index contributed by atoms with van der Waals surface area (Å²) in [6, 6.07) is 5.06. The fraction of sp³-hybridized carbons (Fsp3) is 0.100. The summed E-state index contributed by atoms with van der Waals surface area (Å²) in [7, 11) is 0. The number of carbonyl (C=O) groups excluding carboxylic acids is 1. The Morgan fingerprint density at radius 3 is 3.00 bits per heavy atom. The molecule has 0 aliphatic rings. The van der Waals surface area contributed by atoms with Crippen molar-refractivity contribution in [3.63, 3.8) is 0 Å². The third-order valence-corrected chi connectivity index (χ3v) is 1.66. The first-order valence-electron chi connectivity index (χ1n) is 3.71. The van der Waals surface area contributed by atoms with E-state index in [4.69, 9.17) is 17.3 Å². The van der Waals surface area contributed by atoms with Crippen LogP contribution in [0, 0.1) is 11.8 Å². The zero-order valence-corrected chi connectivity index (χ0v) is 7.64. The molecular formula is C10H8ClNO. The number of hydrogen-bond acceptors (Lipinski definition) is 2. The number of halogens is 1. The van der Waals surface area contributed by atoms with Crippen molar-refractivity contribution in [3.8, 4) is 11.8 Å². The van der Waals surface area contributed by atoms with E-state index in [1.807, 2.05) is 0 Å². The van der Waals surface area contributed by atoms with Crippen molar-refractivity contribution < 1.29 is 4.79 Å². The molecule has 0 saturated heterocycles. The third kappa shape index (κ3) is 2.81. The van der Waals surface area contributed by atoms with Crippen LogP contribution < -0.4 is 5.73 Å². The molecule has 1 rings (SSSR count). The molecule has 1 aromatic carbocycles. The van der Waals surface area contributed by atoms with Gasteiger partial charge in [-0.25, -0.2) is 0 Å². The quantitative estimate of drug-likeness (QED) is 0.420. The lowest BCUT2D eigenvalue weighted by Crippen LogP contribution is -1.89. The summed E-state index contributed by atoms with van der Waals surface area (Å²) in [5, 5.41) is 0.588. The topological polar surface area (TPSA) is 43.1 Å². The highest BCUT2D eigenvalue weighted by molar-refractivity contribution is 6.30. The number of nitrogens with two attached hydrogens (primary N) is 1. The lowest BCUT2D eigenvalue weighted by atomic mass is 10.2. The summed E-state index contributed by atoms with van der Waals surface area (Å²) in [4.78, 5) is 9.99. The number of aldehydes is 1. The Balaban J connectivity index is 2.95. The van der Waals surface area contributed by atoms with Gasteiger partial charge in [-0.1, -0.05) is 23.4 Å². The first kappa shape index (κ1) is 9.63. The summed E-state index contributed by atoms with van der Waals surface area (Å²) in [5.41, 5.74) is 6.86. The zero-order valence-electron chi connectivity index (χ0n) is 6.88. The summed E-state index contributed by atoms with van der Waals surface area (Å²) >= 11 is 5.74. The third-order valence-electron chi connectivity index (χ3n) is 1.42. The fourth-order valence-corrected chi connectivity index (χ4v) is 0.997. The standard InChI is InChI=1S/C10H8ClNO/c11-9-4-5-10(12)8(7-9)3-1-2-6-13/h4-7H,2,12H2. The molecule has 0 saturated carbocycles. The maximum Gasteiger partial charge on any atom is 0.131 e. The Morgan fingerprint density at radius 1 is 1.54 bits per heavy atom. The SMILES string of the molecule is Nc1ccc(Cl)cc1C#CCC=O. The van der Waals surface area contributed by atoms with Gasteiger partial charge in [-0.05, 0) is 18.2 Å². The number of carbonyl (C=O) groups is 1. The van der Waals surface area contributed by atoms with Crippen LogP contribution in [-0.4, -0.2) is 6.29 Å². The Kier molecular flexibility index (Phi) is 3.36. The minimum absolute atomic E-state index is 0.214. The Labute approximate surface area is 81.7 Å². The van der Waals surface area contributed by atoms with E-state index in [0.717, 1.165) is 6.29 Å². The van der Waals surface area contributed by atoms with Crippen molar-refractivity contribution >= 4 is 23.6 Å². The molecule has 0 spiro atoms. The lowest BCUT2D eigenvalue weighted by molar-refractivity contribution is -0.107. The minimum Gasteiger partial charge on any atom is -0.398 e. The molecule has 0 fully saturated rings. The summed E-state index contributed by atoms with van der Waals surface area (Å²) in [6.45, 7) is 0. The molecule has 0 aliphatic heterocycles. The van der Waals surface area contributed by atoms with Crippen LogP contribution in [0.15, 0.2) is 18.2 Å². The first-order valence-corrected chi connectivity index (χ1v) is 4.09. The van der Waals surface area contributed by atoms with E-state index < -0.39 is 0 Å². The predicted octanol–water partition coefficient (Wildman–Crippen LogP) is 1.86. The van der Waals surface area contributed by atoms with Crippen LogP contribution in [0.3, 0.4) is 0 Å².